The van der Waals surface area contributed by atoms with E-state index in [2.05, 4.69) is 36.6 Å². The number of esters is 1. The van der Waals surface area contributed by atoms with Gasteiger partial charge in [-0.05, 0) is 28.1 Å². The lowest BCUT2D eigenvalue weighted by Gasteiger charge is -2.04. The third-order valence-corrected chi connectivity index (χ3v) is 2.67. The molecule has 0 aliphatic carbocycles. The molecule has 0 heterocycles. The summed E-state index contributed by atoms with van der Waals surface area (Å²) in [6.07, 6.45) is -0.0691. The van der Waals surface area contributed by atoms with Crippen LogP contribution in [0.5, 0.6) is 0 Å². The number of rotatable bonds is 2. The number of methoxy groups -OCH3 is 1. The molecule has 0 bridgehead atoms. The SMILES string of the molecule is COC(=O)Cc1cc(Br)cc(Br)c1F. The smallest absolute Gasteiger partial charge is 0.310 e. The predicted molar refractivity (Wildman–Crippen MR) is 57.5 cm³/mol. The number of carbonyl (C=O) groups is 1. The molecular formula is C9H7Br2FO2. The van der Waals surface area contributed by atoms with Crippen LogP contribution >= 0.6 is 31.9 Å². The van der Waals surface area contributed by atoms with Gasteiger partial charge in [-0.3, -0.25) is 4.79 Å². The van der Waals surface area contributed by atoms with Crippen molar-refractivity contribution in [2.45, 2.75) is 6.42 Å². The second-order valence-corrected chi connectivity index (χ2v) is 4.38. The number of carbonyl (C=O) groups excluding carboxylic acids is 1. The van der Waals surface area contributed by atoms with Crippen LogP contribution in [0.15, 0.2) is 21.1 Å². The first-order valence-electron chi connectivity index (χ1n) is 3.75. The van der Waals surface area contributed by atoms with Gasteiger partial charge in [0.15, 0.2) is 0 Å². The molecule has 0 N–H and O–H groups in total. The number of halogens is 3. The van der Waals surface area contributed by atoms with E-state index >= 15 is 0 Å². The maximum Gasteiger partial charge on any atom is 0.310 e. The lowest BCUT2D eigenvalue weighted by Crippen LogP contribution is -2.06. The minimum absolute atomic E-state index is 0.0691. The molecule has 0 unspecified atom stereocenters. The fourth-order valence-corrected chi connectivity index (χ4v) is 2.28. The van der Waals surface area contributed by atoms with Crippen molar-refractivity contribution in [1.29, 1.82) is 0 Å². The van der Waals surface area contributed by atoms with Crippen molar-refractivity contribution < 1.29 is 13.9 Å². The Kier molecular flexibility index (Phi) is 4.07. The molecular weight excluding hydrogens is 319 g/mol. The molecule has 1 aromatic carbocycles. The highest BCUT2D eigenvalue weighted by atomic mass is 79.9. The van der Waals surface area contributed by atoms with Gasteiger partial charge in [0.1, 0.15) is 5.82 Å². The Morgan fingerprint density at radius 2 is 2.14 bits per heavy atom. The van der Waals surface area contributed by atoms with E-state index in [1.54, 1.807) is 12.1 Å². The quantitative estimate of drug-likeness (QED) is 0.617. The number of ether oxygens (including phenoxy) is 1. The van der Waals surface area contributed by atoms with Crippen LogP contribution in [0.4, 0.5) is 4.39 Å². The number of hydrogen-bond donors (Lipinski definition) is 0. The molecule has 0 aliphatic rings. The van der Waals surface area contributed by atoms with Crippen molar-refractivity contribution in [2.24, 2.45) is 0 Å². The normalized spacial score (nSPS) is 10.0. The molecule has 5 heteroatoms. The Balaban J connectivity index is 3.02. The molecule has 1 rings (SSSR count). The molecule has 0 aliphatic heterocycles. The summed E-state index contributed by atoms with van der Waals surface area (Å²) in [6, 6.07) is 3.13. The largest absolute Gasteiger partial charge is 0.469 e. The minimum atomic E-state index is -0.464. The third-order valence-electron chi connectivity index (χ3n) is 1.63. The summed E-state index contributed by atoms with van der Waals surface area (Å²) in [7, 11) is 1.27. The summed E-state index contributed by atoms with van der Waals surface area (Å²) in [5.74, 6) is -0.896. The molecule has 0 radical (unpaired) electrons. The average molecular weight is 326 g/mol. The van der Waals surface area contributed by atoms with Gasteiger partial charge in [-0.2, -0.15) is 0 Å². The topological polar surface area (TPSA) is 26.3 Å². The molecule has 0 amide bonds. The minimum Gasteiger partial charge on any atom is -0.469 e. The Hall–Kier alpha value is -0.420. The van der Waals surface area contributed by atoms with Gasteiger partial charge in [-0.1, -0.05) is 15.9 Å². The molecule has 14 heavy (non-hydrogen) atoms. The maximum atomic E-state index is 13.4. The average Bonchev–Trinajstić information content (AvgIpc) is 2.13. The lowest BCUT2D eigenvalue weighted by molar-refractivity contribution is -0.139. The van der Waals surface area contributed by atoms with E-state index in [0.29, 0.717) is 14.5 Å². The second-order valence-electron chi connectivity index (χ2n) is 2.61. The summed E-state index contributed by atoms with van der Waals surface area (Å²) in [5.41, 5.74) is 0.304. The second kappa shape index (κ2) is 4.89. The molecule has 0 atom stereocenters. The van der Waals surface area contributed by atoms with Gasteiger partial charge in [0.25, 0.3) is 0 Å². The number of hydrogen-bond acceptors (Lipinski definition) is 2. The van der Waals surface area contributed by atoms with Crippen LogP contribution in [0.2, 0.25) is 0 Å². The van der Waals surface area contributed by atoms with Crippen LogP contribution < -0.4 is 0 Å². The van der Waals surface area contributed by atoms with E-state index < -0.39 is 11.8 Å². The van der Waals surface area contributed by atoms with Crippen molar-refractivity contribution in [3.05, 3.63) is 32.5 Å². The van der Waals surface area contributed by atoms with Crippen LogP contribution in [0.1, 0.15) is 5.56 Å². The Morgan fingerprint density at radius 1 is 1.50 bits per heavy atom. The van der Waals surface area contributed by atoms with Gasteiger partial charge in [0, 0.05) is 10.0 Å². The van der Waals surface area contributed by atoms with Crippen molar-refractivity contribution in [3.8, 4) is 0 Å². The fraction of sp³-hybridized carbons (Fsp3) is 0.222. The molecule has 1 aromatic rings. The van der Waals surface area contributed by atoms with E-state index in [-0.39, 0.29) is 6.42 Å². The Morgan fingerprint density at radius 3 is 2.71 bits per heavy atom. The first-order valence-corrected chi connectivity index (χ1v) is 5.33. The zero-order valence-electron chi connectivity index (χ0n) is 7.31. The van der Waals surface area contributed by atoms with Crippen LogP contribution in [-0.4, -0.2) is 13.1 Å². The van der Waals surface area contributed by atoms with Crippen LogP contribution in [0.25, 0.3) is 0 Å². The fourth-order valence-electron chi connectivity index (χ4n) is 0.966. The molecule has 0 aromatic heterocycles. The summed E-state index contributed by atoms with van der Waals surface area (Å²) < 4.78 is 18.9. The molecule has 0 spiro atoms. The summed E-state index contributed by atoms with van der Waals surface area (Å²) in [5, 5.41) is 0. The summed E-state index contributed by atoms with van der Waals surface area (Å²) in [4.78, 5) is 10.9. The predicted octanol–water partition coefficient (Wildman–Crippen LogP) is 3.07. The molecule has 76 valence electrons. The van der Waals surface area contributed by atoms with E-state index in [4.69, 9.17) is 0 Å². The van der Waals surface area contributed by atoms with E-state index in [1.807, 2.05) is 0 Å². The lowest BCUT2D eigenvalue weighted by atomic mass is 10.1. The van der Waals surface area contributed by atoms with E-state index in [0.717, 1.165) is 0 Å². The highest BCUT2D eigenvalue weighted by molar-refractivity contribution is 9.11. The first-order chi connectivity index (χ1) is 6.54. The molecule has 0 saturated heterocycles. The van der Waals surface area contributed by atoms with Gasteiger partial charge in [-0.25, -0.2) is 4.39 Å². The van der Waals surface area contributed by atoms with Crippen molar-refractivity contribution >= 4 is 37.8 Å². The Labute approximate surface area is 97.7 Å². The van der Waals surface area contributed by atoms with E-state index in [1.165, 1.54) is 7.11 Å². The van der Waals surface area contributed by atoms with Gasteiger partial charge >= 0.3 is 5.97 Å². The zero-order chi connectivity index (χ0) is 10.7. The van der Waals surface area contributed by atoms with Crippen LogP contribution in [0.3, 0.4) is 0 Å². The Bertz CT molecular complexity index is 366. The maximum absolute atomic E-state index is 13.4. The van der Waals surface area contributed by atoms with E-state index in [9.17, 15) is 9.18 Å². The third kappa shape index (κ3) is 2.78. The van der Waals surface area contributed by atoms with Gasteiger partial charge in [0.05, 0.1) is 18.0 Å². The standard InChI is InChI=1S/C9H7Br2FO2/c1-14-8(13)3-5-2-6(10)4-7(11)9(5)12/h2,4H,3H2,1H3. The molecule has 0 saturated carbocycles. The summed E-state index contributed by atoms with van der Waals surface area (Å²) in [6.45, 7) is 0. The van der Waals surface area contributed by atoms with Crippen molar-refractivity contribution in [2.75, 3.05) is 7.11 Å². The summed E-state index contributed by atoms with van der Waals surface area (Å²) >= 11 is 6.26. The first kappa shape index (κ1) is 11.7. The van der Waals surface area contributed by atoms with Gasteiger partial charge < -0.3 is 4.74 Å². The van der Waals surface area contributed by atoms with Crippen molar-refractivity contribution in [1.82, 2.24) is 0 Å². The number of benzene rings is 1. The van der Waals surface area contributed by atoms with Gasteiger partial charge in [0.2, 0.25) is 0 Å². The highest BCUT2D eigenvalue weighted by Gasteiger charge is 2.12. The van der Waals surface area contributed by atoms with Crippen LogP contribution in [-0.2, 0) is 16.0 Å². The monoisotopic (exact) mass is 324 g/mol. The molecule has 0 fully saturated rings. The van der Waals surface area contributed by atoms with Crippen molar-refractivity contribution in [3.63, 3.8) is 0 Å². The zero-order valence-corrected chi connectivity index (χ0v) is 10.5. The highest BCUT2D eigenvalue weighted by Crippen LogP contribution is 2.25. The molecule has 2 nitrogen and oxygen atoms in total. The van der Waals surface area contributed by atoms with Gasteiger partial charge in [-0.15, -0.1) is 0 Å². The van der Waals surface area contributed by atoms with Crippen LogP contribution in [0, 0.1) is 5.82 Å².